The second kappa shape index (κ2) is 12.7. The van der Waals surface area contributed by atoms with Crippen LogP contribution >= 0.6 is 0 Å². The fourth-order valence-electron chi connectivity index (χ4n) is 4.17. The third kappa shape index (κ3) is 7.22. The molecule has 206 valence electrons. The second-order valence-electron chi connectivity index (χ2n) is 9.38. The number of ether oxygens (including phenoxy) is 3. The Morgan fingerprint density at radius 3 is 1.73 bits per heavy atom. The smallest absolute Gasteiger partial charge is 0.130 e. The lowest BCUT2D eigenvalue weighted by atomic mass is 10.2. The van der Waals surface area contributed by atoms with Crippen LogP contribution in [-0.2, 0) is 13.2 Å². The van der Waals surface area contributed by atoms with Gasteiger partial charge in [0.05, 0.1) is 29.5 Å². The standard InChI is InChI=1S/C17H15NO3.C17H15NO2/c1-20-15-8-14(19)9-16(10-15)21-11-13-7-6-12-4-2-3-5-17(12)18-13;1-12-10-15(8-9-17(12)19)20-11-14-7-6-13-4-2-3-5-16(13)18-14/h2-10,19H,11H2,1H3;2-10,19H,11H2,1H3. The van der Waals surface area contributed by atoms with Crippen molar-refractivity contribution < 1.29 is 24.4 Å². The molecule has 0 saturated carbocycles. The maximum Gasteiger partial charge on any atom is 0.130 e. The molecule has 2 aromatic heterocycles. The number of rotatable bonds is 7. The molecule has 0 radical (unpaired) electrons. The van der Waals surface area contributed by atoms with Crippen molar-refractivity contribution >= 4 is 21.8 Å². The normalized spacial score (nSPS) is 10.6. The van der Waals surface area contributed by atoms with Crippen LogP contribution in [0.2, 0.25) is 0 Å². The number of methoxy groups -OCH3 is 1. The van der Waals surface area contributed by atoms with Crippen LogP contribution in [0.3, 0.4) is 0 Å². The molecule has 4 aromatic carbocycles. The molecule has 0 amide bonds. The summed E-state index contributed by atoms with van der Waals surface area (Å²) in [5.41, 5.74) is 4.42. The lowest BCUT2D eigenvalue weighted by molar-refractivity contribution is 0.297. The van der Waals surface area contributed by atoms with E-state index in [1.54, 1.807) is 31.4 Å². The molecule has 6 aromatic rings. The first-order chi connectivity index (χ1) is 20.0. The first-order valence-corrected chi connectivity index (χ1v) is 13.1. The van der Waals surface area contributed by atoms with Crippen molar-refractivity contribution in [2.24, 2.45) is 0 Å². The summed E-state index contributed by atoms with van der Waals surface area (Å²) in [7, 11) is 1.55. The summed E-state index contributed by atoms with van der Waals surface area (Å²) >= 11 is 0. The van der Waals surface area contributed by atoms with Crippen LogP contribution in [0.25, 0.3) is 21.8 Å². The molecule has 0 fully saturated rings. The molecule has 0 aliphatic rings. The highest BCUT2D eigenvalue weighted by Gasteiger charge is 2.04. The van der Waals surface area contributed by atoms with Crippen molar-refractivity contribution in [3.05, 3.63) is 126 Å². The Morgan fingerprint density at radius 2 is 1.15 bits per heavy atom. The number of aryl methyl sites for hydroxylation is 1. The van der Waals surface area contributed by atoms with Crippen LogP contribution in [0, 0.1) is 6.92 Å². The van der Waals surface area contributed by atoms with E-state index >= 15 is 0 Å². The summed E-state index contributed by atoms with van der Waals surface area (Å²) < 4.78 is 16.5. The van der Waals surface area contributed by atoms with Gasteiger partial charge in [-0.25, -0.2) is 9.97 Å². The maximum atomic E-state index is 9.59. The quantitative estimate of drug-likeness (QED) is 0.216. The summed E-state index contributed by atoms with van der Waals surface area (Å²) in [6.45, 7) is 2.59. The zero-order valence-electron chi connectivity index (χ0n) is 22.8. The number of phenols is 2. The second-order valence-corrected chi connectivity index (χ2v) is 9.38. The Labute approximate surface area is 238 Å². The third-order valence-corrected chi connectivity index (χ3v) is 6.35. The average molecular weight is 547 g/mol. The minimum atomic E-state index is 0.107. The van der Waals surface area contributed by atoms with Gasteiger partial charge in [-0.2, -0.15) is 0 Å². The Kier molecular flexibility index (Phi) is 8.45. The molecule has 0 atom stereocenters. The molecule has 0 aliphatic heterocycles. The first kappa shape index (κ1) is 27.3. The monoisotopic (exact) mass is 546 g/mol. The van der Waals surface area contributed by atoms with E-state index in [1.165, 1.54) is 6.07 Å². The largest absolute Gasteiger partial charge is 0.508 e. The number of phenolic OH excluding ortho intramolecular Hbond substituents is 2. The lowest BCUT2D eigenvalue weighted by Crippen LogP contribution is -1.98. The Balaban J connectivity index is 0.000000165. The van der Waals surface area contributed by atoms with Gasteiger partial charge in [-0.15, -0.1) is 0 Å². The van der Waals surface area contributed by atoms with Gasteiger partial charge in [-0.3, -0.25) is 0 Å². The fraction of sp³-hybridized carbons (Fsp3) is 0.118. The van der Waals surface area contributed by atoms with E-state index in [0.717, 1.165) is 44.5 Å². The van der Waals surface area contributed by atoms with Gasteiger partial charge in [0.1, 0.15) is 42.0 Å². The van der Waals surface area contributed by atoms with Crippen LogP contribution in [0.15, 0.2) is 109 Å². The van der Waals surface area contributed by atoms with Gasteiger partial charge in [0.15, 0.2) is 0 Å². The number of pyridine rings is 2. The summed E-state index contributed by atoms with van der Waals surface area (Å²) in [5.74, 6) is 2.21. The number of aromatic hydroxyl groups is 2. The van der Waals surface area contributed by atoms with Gasteiger partial charge in [-0.1, -0.05) is 48.5 Å². The number of aromatic nitrogens is 2. The SMILES string of the molecule is COc1cc(O)cc(OCc2ccc3ccccc3n2)c1.Cc1cc(OCc2ccc3ccccc3n2)ccc1O. The molecule has 0 saturated heterocycles. The van der Waals surface area contributed by atoms with Crippen molar-refractivity contribution in [1.82, 2.24) is 9.97 Å². The average Bonchev–Trinajstić information content (AvgIpc) is 3.00. The van der Waals surface area contributed by atoms with E-state index in [9.17, 15) is 10.2 Å². The number of hydrogen-bond donors (Lipinski definition) is 2. The topological polar surface area (TPSA) is 93.9 Å². The Hall–Kier alpha value is -5.30. The molecule has 2 N–H and O–H groups in total. The highest BCUT2D eigenvalue weighted by Crippen LogP contribution is 2.27. The summed E-state index contributed by atoms with van der Waals surface area (Å²) in [6.07, 6.45) is 0. The van der Waals surface area contributed by atoms with E-state index in [0.29, 0.717) is 24.7 Å². The Bertz CT molecular complexity index is 1790. The van der Waals surface area contributed by atoms with Crippen molar-refractivity contribution in [2.45, 2.75) is 20.1 Å². The van der Waals surface area contributed by atoms with Crippen LogP contribution in [0.4, 0.5) is 0 Å². The molecule has 0 unspecified atom stereocenters. The van der Waals surface area contributed by atoms with Crippen LogP contribution in [0.5, 0.6) is 28.7 Å². The van der Waals surface area contributed by atoms with Crippen molar-refractivity contribution in [3.8, 4) is 28.7 Å². The lowest BCUT2D eigenvalue weighted by Gasteiger charge is -2.09. The van der Waals surface area contributed by atoms with Crippen LogP contribution < -0.4 is 14.2 Å². The van der Waals surface area contributed by atoms with Gasteiger partial charge in [0.25, 0.3) is 0 Å². The molecular formula is C34H30N2O5. The van der Waals surface area contributed by atoms with E-state index < -0.39 is 0 Å². The molecule has 41 heavy (non-hydrogen) atoms. The molecule has 0 spiro atoms. The van der Waals surface area contributed by atoms with Gasteiger partial charge >= 0.3 is 0 Å². The van der Waals surface area contributed by atoms with Gasteiger partial charge in [-0.05, 0) is 55.0 Å². The van der Waals surface area contributed by atoms with E-state index in [2.05, 4.69) is 9.97 Å². The van der Waals surface area contributed by atoms with E-state index in [1.807, 2.05) is 85.8 Å². The van der Waals surface area contributed by atoms with Crippen molar-refractivity contribution in [2.75, 3.05) is 7.11 Å². The first-order valence-electron chi connectivity index (χ1n) is 13.1. The molecule has 0 aliphatic carbocycles. The highest BCUT2D eigenvalue weighted by atomic mass is 16.5. The zero-order valence-corrected chi connectivity index (χ0v) is 22.8. The Morgan fingerprint density at radius 1 is 0.585 bits per heavy atom. The van der Waals surface area contributed by atoms with E-state index in [4.69, 9.17) is 14.2 Å². The molecular weight excluding hydrogens is 516 g/mol. The fourth-order valence-corrected chi connectivity index (χ4v) is 4.17. The molecule has 0 bridgehead atoms. The minimum absolute atomic E-state index is 0.107. The highest BCUT2D eigenvalue weighted by molar-refractivity contribution is 5.79. The molecule has 2 heterocycles. The van der Waals surface area contributed by atoms with Gasteiger partial charge < -0.3 is 24.4 Å². The molecule has 7 nitrogen and oxygen atoms in total. The summed E-state index contributed by atoms with van der Waals surface area (Å²) in [6, 6.07) is 33.9. The predicted octanol–water partition coefficient (Wildman–Crippen LogP) is 7.36. The zero-order chi connectivity index (χ0) is 28.6. The number of fused-ring (bicyclic) bond motifs is 2. The van der Waals surface area contributed by atoms with E-state index in [-0.39, 0.29) is 11.5 Å². The summed E-state index contributed by atoms with van der Waals surface area (Å²) in [5, 5.41) is 21.3. The number of nitrogens with zero attached hydrogens (tertiary/aromatic N) is 2. The molecule has 6 rings (SSSR count). The van der Waals surface area contributed by atoms with Crippen LogP contribution in [-0.4, -0.2) is 27.3 Å². The number of benzene rings is 4. The van der Waals surface area contributed by atoms with Gasteiger partial charge in [0.2, 0.25) is 0 Å². The number of hydrogen-bond acceptors (Lipinski definition) is 7. The van der Waals surface area contributed by atoms with Crippen LogP contribution in [0.1, 0.15) is 17.0 Å². The third-order valence-electron chi connectivity index (χ3n) is 6.35. The van der Waals surface area contributed by atoms with Crippen molar-refractivity contribution in [1.29, 1.82) is 0 Å². The summed E-state index contributed by atoms with van der Waals surface area (Å²) in [4.78, 5) is 9.09. The van der Waals surface area contributed by atoms with Gasteiger partial charge in [0, 0.05) is 29.0 Å². The minimum Gasteiger partial charge on any atom is -0.508 e. The predicted molar refractivity (Wildman–Crippen MR) is 160 cm³/mol. The van der Waals surface area contributed by atoms with Crippen molar-refractivity contribution in [3.63, 3.8) is 0 Å². The maximum absolute atomic E-state index is 9.59. The number of para-hydroxylation sites is 2. The molecule has 7 heteroatoms.